The van der Waals surface area contributed by atoms with Crippen molar-refractivity contribution in [1.29, 1.82) is 0 Å². The minimum atomic E-state index is -4.96. The second-order valence-corrected chi connectivity index (χ2v) is 7.80. The minimum absolute atomic E-state index is 0.308. The Morgan fingerprint density at radius 1 is 1.31 bits per heavy atom. The van der Waals surface area contributed by atoms with E-state index < -0.39 is 47.5 Å². The van der Waals surface area contributed by atoms with Gasteiger partial charge in [-0.15, -0.1) is 0 Å². The number of aromatic nitrogens is 4. The average Bonchev–Trinajstić information content (AvgIpc) is 2.90. The van der Waals surface area contributed by atoms with E-state index in [1.54, 1.807) is 20.8 Å². The first kappa shape index (κ1) is 21.0. The quantitative estimate of drug-likeness (QED) is 0.568. The molecule has 0 radical (unpaired) electrons. The molecule has 29 heavy (non-hydrogen) atoms. The van der Waals surface area contributed by atoms with Crippen LogP contribution in [-0.4, -0.2) is 30.9 Å². The number of hydrogen-bond acceptors (Lipinski definition) is 5. The average molecular weight is 416 g/mol. The molecule has 0 saturated heterocycles. The predicted octanol–water partition coefficient (Wildman–Crippen LogP) is 2.87. The maximum Gasteiger partial charge on any atom is 0.436 e. The van der Waals surface area contributed by atoms with E-state index in [2.05, 4.69) is 10.1 Å². The molecule has 158 valence electrons. The van der Waals surface area contributed by atoms with Gasteiger partial charge in [0.1, 0.15) is 17.5 Å². The summed E-state index contributed by atoms with van der Waals surface area (Å²) in [6.45, 7) is 4.58. The van der Waals surface area contributed by atoms with Crippen molar-refractivity contribution >= 4 is 5.97 Å². The molecular weight excluding hydrogens is 396 g/mol. The highest BCUT2D eigenvalue weighted by atomic mass is 19.4. The standard InChI is InChI=1S/C18H20F4N4O3/c1-17(2,3)29-15(27)11-5-4-6-12-24-25(16(28)26(11)12)9-10-7-8-23-14(13(10)19)18(20,21)22/h7-8,11H,4-6,9H2,1-3H3/t11-/m0/s1. The summed E-state index contributed by atoms with van der Waals surface area (Å²) in [4.78, 5) is 28.3. The van der Waals surface area contributed by atoms with E-state index >= 15 is 0 Å². The van der Waals surface area contributed by atoms with Crippen molar-refractivity contribution in [3.05, 3.63) is 45.6 Å². The molecule has 0 N–H and O–H groups in total. The third kappa shape index (κ3) is 4.33. The van der Waals surface area contributed by atoms with Crippen LogP contribution in [0.25, 0.3) is 0 Å². The Balaban J connectivity index is 1.95. The maximum absolute atomic E-state index is 14.3. The van der Waals surface area contributed by atoms with Crippen LogP contribution in [0, 0.1) is 5.82 Å². The van der Waals surface area contributed by atoms with Crippen LogP contribution in [0.3, 0.4) is 0 Å². The molecule has 0 bridgehead atoms. The van der Waals surface area contributed by atoms with Gasteiger partial charge in [-0.3, -0.25) is 4.57 Å². The van der Waals surface area contributed by atoms with Crippen LogP contribution in [-0.2, 0) is 28.7 Å². The van der Waals surface area contributed by atoms with Crippen molar-refractivity contribution in [1.82, 2.24) is 19.3 Å². The van der Waals surface area contributed by atoms with E-state index in [-0.39, 0.29) is 5.56 Å². The Morgan fingerprint density at radius 3 is 2.62 bits per heavy atom. The molecule has 0 fully saturated rings. The molecule has 1 atom stereocenters. The second kappa shape index (κ2) is 7.27. The predicted molar refractivity (Wildman–Crippen MR) is 92.6 cm³/mol. The number of nitrogens with zero attached hydrogens (tertiary/aromatic N) is 4. The number of ether oxygens (including phenoxy) is 1. The second-order valence-electron chi connectivity index (χ2n) is 7.80. The van der Waals surface area contributed by atoms with Crippen LogP contribution < -0.4 is 5.69 Å². The van der Waals surface area contributed by atoms with Crippen LogP contribution >= 0.6 is 0 Å². The van der Waals surface area contributed by atoms with Gasteiger partial charge in [0.25, 0.3) is 0 Å². The monoisotopic (exact) mass is 416 g/mol. The zero-order chi connectivity index (χ0) is 21.6. The summed E-state index contributed by atoms with van der Waals surface area (Å²) in [5.41, 5.74) is -3.49. The number of hydrogen-bond donors (Lipinski definition) is 0. The number of esters is 1. The molecule has 1 aliphatic heterocycles. The van der Waals surface area contributed by atoms with Gasteiger partial charge in [0.2, 0.25) is 0 Å². The topological polar surface area (TPSA) is 79.0 Å². The minimum Gasteiger partial charge on any atom is -0.458 e. The number of carbonyl (C=O) groups excluding carboxylic acids is 1. The Bertz CT molecular complexity index is 988. The van der Waals surface area contributed by atoms with Gasteiger partial charge in [0, 0.05) is 18.2 Å². The van der Waals surface area contributed by atoms with Crippen molar-refractivity contribution in [2.24, 2.45) is 0 Å². The third-order valence-corrected chi connectivity index (χ3v) is 4.37. The first-order valence-electron chi connectivity index (χ1n) is 9.00. The fraction of sp³-hybridized carbons (Fsp3) is 0.556. The van der Waals surface area contributed by atoms with E-state index in [1.807, 2.05) is 0 Å². The van der Waals surface area contributed by atoms with Crippen molar-refractivity contribution in [2.45, 2.75) is 64.4 Å². The van der Waals surface area contributed by atoms with Crippen LogP contribution in [0.15, 0.2) is 17.1 Å². The van der Waals surface area contributed by atoms with Crippen molar-refractivity contribution < 1.29 is 27.1 Å². The Kier molecular flexibility index (Phi) is 5.26. The lowest BCUT2D eigenvalue weighted by atomic mass is 10.0. The Morgan fingerprint density at radius 2 is 2.00 bits per heavy atom. The SMILES string of the molecule is CC(C)(C)OC(=O)[C@@H]1CCCc2nn(Cc3ccnc(C(F)(F)F)c3F)c(=O)n21. The zero-order valence-electron chi connectivity index (χ0n) is 16.1. The number of fused-ring (bicyclic) bond motifs is 1. The molecule has 7 nitrogen and oxygen atoms in total. The van der Waals surface area contributed by atoms with E-state index in [1.165, 1.54) is 4.57 Å². The Hall–Kier alpha value is -2.72. The lowest BCUT2D eigenvalue weighted by Crippen LogP contribution is -2.38. The normalized spacial score (nSPS) is 17.1. The molecule has 3 rings (SSSR count). The summed E-state index contributed by atoms with van der Waals surface area (Å²) in [5.74, 6) is -1.83. The molecule has 0 spiro atoms. The van der Waals surface area contributed by atoms with Gasteiger partial charge in [0.05, 0.1) is 6.54 Å². The molecule has 0 aromatic carbocycles. The van der Waals surface area contributed by atoms with Gasteiger partial charge in [0.15, 0.2) is 11.5 Å². The fourth-order valence-electron chi connectivity index (χ4n) is 3.19. The zero-order valence-corrected chi connectivity index (χ0v) is 16.1. The third-order valence-electron chi connectivity index (χ3n) is 4.37. The first-order chi connectivity index (χ1) is 13.4. The van der Waals surface area contributed by atoms with Gasteiger partial charge in [-0.1, -0.05) is 0 Å². The highest BCUT2D eigenvalue weighted by Crippen LogP contribution is 2.31. The number of halogens is 4. The summed E-state index contributed by atoms with van der Waals surface area (Å²) in [5, 5.41) is 4.10. The van der Waals surface area contributed by atoms with Crippen LogP contribution in [0.1, 0.15) is 56.7 Å². The molecule has 3 heterocycles. The van der Waals surface area contributed by atoms with E-state index in [0.717, 1.165) is 16.9 Å². The molecule has 0 saturated carbocycles. The molecule has 0 unspecified atom stereocenters. The summed E-state index contributed by atoms with van der Waals surface area (Å²) in [6, 6.07) is 0.174. The molecular formula is C18H20F4N4O3. The smallest absolute Gasteiger partial charge is 0.436 e. The number of carbonyl (C=O) groups is 1. The number of aryl methyl sites for hydroxylation is 1. The van der Waals surface area contributed by atoms with E-state index in [9.17, 15) is 27.2 Å². The summed E-state index contributed by atoms with van der Waals surface area (Å²) < 4.78 is 60.2. The highest BCUT2D eigenvalue weighted by Gasteiger charge is 2.37. The van der Waals surface area contributed by atoms with Crippen LogP contribution in [0.5, 0.6) is 0 Å². The Labute approximate surface area is 163 Å². The van der Waals surface area contributed by atoms with Crippen molar-refractivity contribution in [3.8, 4) is 0 Å². The lowest BCUT2D eigenvalue weighted by molar-refractivity contribution is -0.159. The van der Waals surface area contributed by atoms with Crippen LogP contribution in [0.4, 0.5) is 17.6 Å². The van der Waals surface area contributed by atoms with E-state index in [0.29, 0.717) is 25.1 Å². The number of pyridine rings is 1. The highest BCUT2D eigenvalue weighted by molar-refractivity contribution is 5.74. The molecule has 0 aliphatic carbocycles. The van der Waals surface area contributed by atoms with E-state index in [4.69, 9.17) is 4.74 Å². The number of alkyl halides is 3. The van der Waals surface area contributed by atoms with Crippen molar-refractivity contribution in [2.75, 3.05) is 0 Å². The van der Waals surface area contributed by atoms with Gasteiger partial charge in [-0.05, 0) is 39.7 Å². The van der Waals surface area contributed by atoms with Gasteiger partial charge in [-0.2, -0.15) is 18.3 Å². The van der Waals surface area contributed by atoms with Crippen LogP contribution in [0.2, 0.25) is 0 Å². The fourth-order valence-corrected chi connectivity index (χ4v) is 3.19. The number of rotatable bonds is 3. The largest absolute Gasteiger partial charge is 0.458 e. The van der Waals surface area contributed by atoms with Crippen molar-refractivity contribution in [3.63, 3.8) is 0 Å². The molecule has 11 heteroatoms. The summed E-state index contributed by atoms with van der Waals surface area (Å²) in [7, 11) is 0. The molecule has 2 aromatic heterocycles. The lowest BCUT2D eigenvalue weighted by Gasteiger charge is -2.26. The first-order valence-corrected chi connectivity index (χ1v) is 9.00. The van der Waals surface area contributed by atoms with Gasteiger partial charge < -0.3 is 4.74 Å². The molecule has 1 aliphatic rings. The molecule has 2 aromatic rings. The summed E-state index contributed by atoms with van der Waals surface area (Å²) >= 11 is 0. The molecule has 0 amide bonds. The van der Waals surface area contributed by atoms with Gasteiger partial charge >= 0.3 is 17.8 Å². The summed E-state index contributed by atoms with van der Waals surface area (Å²) in [6.07, 6.45) is -2.77. The van der Waals surface area contributed by atoms with Gasteiger partial charge in [-0.25, -0.2) is 23.6 Å². The maximum atomic E-state index is 14.3.